The zero-order valence-electron chi connectivity index (χ0n) is 15.4. The van der Waals surface area contributed by atoms with Crippen molar-refractivity contribution in [2.45, 2.75) is 46.7 Å². The van der Waals surface area contributed by atoms with Crippen molar-refractivity contribution in [3.8, 4) is 11.5 Å². The van der Waals surface area contributed by atoms with Gasteiger partial charge in [0.05, 0.1) is 19.9 Å². The Morgan fingerprint density at radius 2 is 1.74 bits per heavy atom. The van der Waals surface area contributed by atoms with Crippen LogP contribution in [-0.4, -0.2) is 33.2 Å². The number of hydrogen-bond acceptors (Lipinski definition) is 4. The maximum Gasteiger partial charge on any atom is 0.229 e. The van der Waals surface area contributed by atoms with Crippen molar-refractivity contribution in [1.29, 1.82) is 0 Å². The van der Waals surface area contributed by atoms with Gasteiger partial charge in [0.1, 0.15) is 0 Å². The van der Waals surface area contributed by atoms with Crippen LogP contribution in [0.4, 0.5) is 5.69 Å². The Bertz CT molecular complexity index is 529. The van der Waals surface area contributed by atoms with E-state index in [0.717, 1.165) is 17.7 Å². The molecular weight excluding hydrogens is 292 g/mol. The summed E-state index contributed by atoms with van der Waals surface area (Å²) in [6, 6.07) is 4.16. The summed E-state index contributed by atoms with van der Waals surface area (Å²) in [5.74, 6) is 1.38. The minimum absolute atomic E-state index is 0.0148. The van der Waals surface area contributed by atoms with Crippen LogP contribution in [0.15, 0.2) is 12.1 Å². The van der Waals surface area contributed by atoms with Gasteiger partial charge in [-0.1, -0.05) is 27.7 Å². The van der Waals surface area contributed by atoms with Gasteiger partial charge >= 0.3 is 0 Å². The number of hydrogen-bond donors (Lipinski definition) is 1. The number of nitrogens with one attached hydrogen (secondary N) is 1. The minimum atomic E-state index is -0.0148. The molecule has 1 rings (SSSR count). The summed E-state index contributed by atoms with van der Waals surface area (Å²) in [5, 5.41) is 3.39. The average molecular weight is 322 g/mol. The zero-order chi connectivity index (χ0) is 17.6. The highest BCUT2D eigenvalue weighted by Crippen LogP contribution is 2.35. The number of methoxy groups -OCH3 is 2. The van der Waals surface area contributed by atoms with Crippen molar-refractivity contribution in [1.82, 2.24) is 5.32 Å². The lowest BCUT2D eigenvalue weighted by Crippen LogP contribution is -2.33. The fraction of sp³-hybridized carbons (Fsp3) is 0.611. The first-order valence-electron chi connectivity index (χ1n) is 8.11. The van der Waals surface area contributed by atoms with Crippen molar-refractivity contribution < 1.29 is 14.3 Å². The predicted octanol–water partition coefficient (Wildman–Crippen LogP) is 3.21. The molecule has 0 radical (unpaired) electrons. The highest BCUT2D eigenvalue weighted by atomic mass is 16.5. The quantitative estimate of drug-likeness (QED) is 0.798. The number of carbonyl (C=O) groups is 1. The highest BCUT2D eigenvalue weighted by molar-refractivity contribution is 5.95. The molecule has 1 N–H and O–H groups in total. The first-order valence-corrected chi connectivity index (χ1v) is 8.11. The van der Waals surface area contributed by atoms with Crippen LogP contribution < -0.4 is 19.7 Å². The lowest BCUT2D eigenvalue weighted by Gasteiger charge is -2.25. The van der Waals surface area contributed by atoms with E-state index < -0.39 is 0 Å². The van der Waals surface area contributed by atoms with Gasteiger partial charge in [-0.2, -0.15) is 0 Å². The van der Waals surface area contributed by atoms with E-state index in [-0.39, 0.29) is 11.8 Å². The van der Waals surface area contributed by atoms with Crippen LogP contribution in [0.5, 0.6) is 11.5 Å². The number of ether oxygens (including phenoxy) is 2. The van der Waals surface area contributed by atoms with Gasteiger partial charge in [-0.05, 0) is 18.1 Å². The van der Waals surface area contributed by atoms with E-state index in [9.17, 15) is 4.79 Å². The van der Waals surface area contributed by atoms with E-state index in [1.807, 2.05) is 33.0 Å². The molecule has 1 aromatic rings. The molecule has 5 nitrogen and oxygen atoms in total. The second-order valence-corrected chi connectivity index (χ2v) is 6.08. The minimum Gasteiger partial charge on any atom is -0.493 e. The molecule has 0 aliphatic carbocycles. The predicted molar refractivity (Wildman–Crippen MR) is 94.4 cm³/mol. The fourth-order valence-corrected chi connectivity index (χ4v) is 2.30. The summed E-state index contributed by atoms with van der Waals surface area (Å²) in [6.45, 7) is 8.81. The monoisotopic (exact) mass is 322 g/mol. The van der Waals surface area contributed by atoms with Crippen LogP contribution in [-0.2, 0) is 11.3 Å². The zero-order valence-corrected chi connectivity index (χ0v) is 15.4. The molecule has 23 heavy (non-hydrogen) atoms. The molecule has 0 bridgehead atoms. The van der Waals surface area contributed by atoms with Crippen molar-refractivity contribution in [2.24, 2.45) is 5.92 Å². The molecule has 0 aliphatic rings. The first kappa shape index (κ1) is 19.3. The first-order chi connectivity index (χ1) is 10.8. The van der Waals surface area contributed by atoms with Gasteiger partial charge in [-0.25, -0.2) is 0 Å². The molecule has 0 saturated heterocycles. The van der Waals surface area contributed by atoms with Gasteiger partial charge in [0, 0.05) is 31.6 Å². The molecule has 1 aromatic carbocycles. The van der Waals surface area contributed by atoms with Gasteiger partial charge in [-0.15, -0.1) is 0 Å². The van der Waals surface area contributed by atoms with Gasteiger partial charge < -0.3 is 19.7 Å². The Kier molecular flexibility index (Phi) is 7.36. The maximum absolute atomic E-state index is 12.6. The Hall–Kier alpha value is -1.75. The number of nitrogens with zero attached hydrogens (tertiary/aromatic N) is 1. The molecule has 0 aliphatic heterocycles. The van der Waals surface area contributed by atoms with Gasteiger partial charge in [-0.3, -0.25) is 4.79 Å². The van der Waals surface area contributed by atoms with Crippen LogP contribution in [0.1, 0.15) is 39.7 Å². The molecular formula is C18H30N2O3. The molecule has 5 heteroatoms. The number of carbonyl (C=O) groups excluding carboxylic acids is 1. The SMILES string of the molecule is CCC(C)C(=O)N(C)c1cc(OC)c(OC)cc1CNC(C)C. The van der Waals surface area contributed by atoms with Crippen molar-refractivity contribution >= 4 is 11.6 Å². The molecule has 130 valence electrons. The van der Waals surface area contributed by atoms with Crippen LogP contribution in [0.3, 0.4) is 0 Å². The Balaban J connectivity index is 3.27. The molecule has 1 amide bonds. The molecule has 1 atom stereocenters. The number of rotatable bonds is 8. The van der Waals surface area contributed by atoms with E-state index in [2.05, 4.69) is 19.2 Å². The lowest BCUT2D eigenvalue weighted by molar-refractivity contribution is -0.121. The summed E-state index contributed by atoms with van der Waals surface area (Å²) in [5.41, 5.74) is 1.86. The third-order valence-corrected chi connectivity index (χ3v) is 4.01. The van der Waals surface area contributed by atoms with Crippen LogP contribution in [0.25, 0.3) is 0 Å². The normalized spacial score (nSPS) is 12.2. The van der Waals surface area contributed by atoms with Crippen molar-refractivity contribution in [3.63, 3.8) is 0 Å². The number of amides is 1. The van der Waals surface area contributed by atoms with E-state index in [4.69, 9.17) is 9.47 Å². The smallest absolute Gasteiger partial charge is 0.229 e. The van der Waals surface area contributed by atoms with E-state index in [1.165, 1.54) is 0 Å². The molecule has 1 unspecified atom stereocenters. The van der Waals surface area contributed by atoms with Crippen LogP contribution >= 0.6 is 0 Å². The number of anilines is 1. The summed E-state index contributed by atoms with van der Waals surface area (Å²) in [4.78, 5) is 14.3. The average Bonchev–Trinajstić information content (AvgIpc) is 2.56. The highest BCUT2D eigenvalue weighted by Gasteiger charge is 2.21. The summed E-state index contributed by atoms with van der Waals surface area (Å²) in [6.07, 6.45) is 0.816. The van der Waals surface area contributed by atoms with Crippen LogP contribution in [0, 0.1) is 5.92 Å². The molecule has 0 saturated carbocycles. The third-order valence-electron chi connectivity index (χ3n) is 4.01. The maximum atomic E-state index is 12.6. The van der Waals surface area contributed by atoms with E-state index >= 15 is 0 Å². The van der Waals surface area contributed by atoms with Crippen LogP contribution in [0.2, 0.25) is 0 Å². The lowest BCUT2D eigenvalue weighted by atomic mass is 10.1. The van der Waals surface area contributed by atoms with Gasteiger partial charge in [0.25, 0.3) is 0 Å². The molecule has 0 aromatic heterocycles. The largest absolute Gasteiger partial charge is 0.493 e. The summed E-state index contributed by atoms with van der Waals surface area (Å²) < 4.78 is 10.8. The number of benzene rings is 1. The van der Waals surface area contributed by atoms with Gasteiger partial charge in [0.15, 0.2) is 11.5 Å². The van der Waals surface area contributed by atoms with E-state index in [1.54, 1.807) is 19.1 Å². The summed E-state index contributed by atoms with van der Waals surface area (Å²) in [7, 11) is 5.03. The molecule has 0 fully saturated rings. The Morgan fingerprint density at radius 3 is 2.22 bits per heavy atom. The second-order valence-electron chi connectivity index (χ2n) is 6.08. The Morgan fingerprint density at radius 1 is 1.17 bits per heavy atom. The topological polar surface area (TPSA) is 50.8 Å². The third kappa shape index (κ3) is 4.86. The fourth-order valence-electron chi connectivity index (χ4n) is 2.30. The van der Waals surface area contributed by atoms with E-state index in [0.29, 0.717) is 24.1 Å². The molecule has 0 heterocycles. The second kappa shape index (κ2) is 8.77. The standard InChI is InChI=1S/C18H30N2O3/c1-8-13(4)18(21)20(5)15-10-17(23-7)16(22-6)9-14(15)11-19-12(2)3/h9-10,12-13,19H,8,11H2,1-7H3. The van der Waals surface area contributed by atoms with Crippen molar-refractivity contribution in [3.05, 3.63) is 17.7 Å². The summed E-state index contributed by atoms with van der Waals surface area (Å²) >= 11 is 0. The van der Waals surface area contributed by atoms with Gasteiger partial charge in [0.2, 0.25) is 5.91 Å². The van der Waals surface area contributed by atoms with Crippen molar-refractivity contribution in [2.75, 3.05) is 26.2 Å². The molecule has 0 spiro atoms. The Labute approximate surface area is 140 Å².